The van der Waals surface area contributed by atoms with Gasteiger partial charge in [0.15, 0.2) is 0 Å². The lowest BCUT2D eigenvalue weighted by Crippen LogP contribution is -2.41. The zero-order valence-electron chi connectivity index (χ0n) is 11.3. The molecular formula is C15H22N2O. The van der Waals surface area contributed by atoms with Crippen LogP contribution in [0.4, 0.5) is 0 Å². The average Bonchev–Trinajstić information content (AvgIpc) is 2.87. The van der Waals surface area contributed by atoms with Crippen molar-refractivity contribution in [1.29, 1.82) is 0 Å². The number of carbonyl (C=O) groups is 1. The Morgan fingerprint density at radius 3 is 2.83 bits per heavy atom. The van der Waals surface area contributed by atoms with E-state index in [4.69, 9.17) is 0 Å². The van der Waals surface area contributed by atoms with E-state index in [2.05, 4.69) is 36.6 Å². The fraction of sp³-hybridized carbons (Fsp3) is 0.533. The summed E-state index contributed by atoms with van der Waals surface area (Å²) in [7, 11) is 0. The molecule has 1 heterocycles. The van der Waals surface area contributed by atoms with E-state index in [1.807, 2.05) is 12.1 Å². The minimum atomic E-state index is -0.192. The van der Waals surface area contributed by atoms with Crippen molar-refractivity contribution >= 4 is 5.91 Å². The zero-order valence-corrected chi connectivity index (χ0v) is 11.3. The van der Waals surface area contributed by atoms with Crippen molar-refractivity contribution in [1.82, 2.24) is 10.6 Å². The number of hydrogen-bond acceptors (Lipinski definition) is 2. The minimum Gasteiger partial charge on any atom is -0.351 e. The van der Waals surface area contributed by atoms with Crippen LogP contribution in [0, 0.1) is 12.3 Å². The predicted octanol–water partition coefficient (Wildman–Crippen LogP) is 2.00. The highest BCUT2D eigenvalue weighted by Gasteiger charge is 2.39. The maximum atomic E-state index is 12.3. The van der Waals surface area contributed by atoms with E-state index in [1.165, 1.54) is 11.1 Å². The summed E-state index contributed by atoms with van der Waals surface area (Å²) in [5.74, 6) is 0.193. The predicted molar refractivity (Wildman–Crippen MR) is 73.2 cm³/mol. The van der Waals surface area contributed by atoms with E-state index in [0.29, 0.717) is 6.54 Å². The molecule has 18 heavy (non-hydrogen) atoms. The third-order valence-electron chi connectivity index (χ3n) is 4.10. The molecule has 0 aliphatic carbocycles. The van der Waals surface area contributed by atoms with Gasteiger partial charge in [-0.15, -0.1) is 0 Å². The molecule has 1 aromatic carbocycles. The first-order valence-corrected chi connectivity index (χ1v) is 6.71. The van der Waals surface area contributed by atoms with E-state index in [-0.39, 0.29) is 11.3 Å². The molecule has 0 spiro atoms. The summed E-state index contributed by atoms with van der Waals surface area (Å²) >= 11 is 0. The Hall–Kier alpha value is -1.35. The highest BCUT2D eigenvalue weighted by atomic mass is 16.2. The number of amides is 1. The molecule has 0 saturated carbocycles. The summed E-state index contributed by atoms with van der Waals surface area (Å²) in [6.45, 7) is 6.57. The molecule has 1 atom stereocenters. The van der Waals surface area contributed by atoms with Gasteiger partial charge in [-0.1, -0.05) is 31.2 Å². The summed E-state index contributed by atoms with van der Waals surface area (Å²) in [6.07, 6.45) is 1.85. The molecule has 0 radical (unpaired) electrons. The lowest BCUT2D eigenvalue weighted by Gasteiger charge is -2.25. The number of hydrogen-bond donors (Lipinski definition) is 2. The van der Waals surface area contributed by atoms with Gasteiger partial charge in [-0.25, -0.2) is 0 Å². The second-order valence-corrected chi connectivity index (χ2v) is 5.17. The SMILES string of the molecule is CCC1(C(=O)NCc2ccccc2C)CCNC1. The van der Waals surface area contributed by atoms with Gasteiger partial charge in [0.05, 0.1) is 5.41 Å². The van der Waals surface area contributed by atoms with Crippen LogP contribution < -0.4 is 10.6 Å². The monoisotopic (exact) mass is 246 g/mol. The maximum Gasteiger partial charge on any atom is 0.227 e. The van der Waals surface area contributed by atoms with Gasteiger partial charge in [0, 0.05) is 13.1 Å². The average molecular weight is 246 g/mol. The number of carbonyl (C=O) groups excluding carboxylic acids is 1. The molecule has 3 nitrogen and oxygen atoms in total. The molecule has 3 heteroatoms. The highest BCUT2D eigenvalue weighted by molar-refractivity contribution is 5.83. The van der Waals surface area contributed by atoms with Crippen LogP contribution in [-0.4, -0.2) is 19.0 Å². The van der Waals surface area contributed by atoms with Crippen molar-refractivity contribution in [2.45, 2.75) is 33.2 Å². The van der Waals surface area contributed by atoms with Gasteiger partial charge in [0.25, 0.3) is 0 Å². The van der Waals surface area contributed by atoms with E-state index in [1.54, 1.807) is 0 Å². The first kappa shape index (κ1) is 13.1. The van der Waals surface area contributed by atoms with Gasteiger partial charge >= 0.3 is 0 Å². The molecule has 1 aliphatic rings. The molecule has 1 fully saturated rings. The van der Waals surface area contributed by atoms with E-state index < -0.39 is 0 Å². The lowest BCUT2D eigenvalue weighted by atomic mass is 9.83. The first-order chi connectivity index (χ1) is 8.68. The molecule has 1 saturated heterocycles. The molecular weight excluding hydrogens is 224 g/mol. The molecule has 1 aromatic rings. The fourth-order valence-corrected chi connectivity index (χ4v) is 2.57. The fourth-order valence-electron chi connectivity index (χ4n) is 2.57. The summed E-state index contributed by atoms with van der Waals surface area (Å²) in [5.41, 5.74) is 2.24. The van der Waals surface area contributed by atoms with Crippen molar-refractivity contribution < 1.29 is 4.79 Å². The second-order valence-electron chi connectivity index (χ2n) is 5.17. The summed E-state index contributed by atoms with van der Waals surface area (Å²) in [4.78, 5) is 12.3. The second kappa shape index (κ2) is 5.53. The van der Waals surface area contributed by atoms with Crippen LogP contribution in [0.25, 0.3) is 0 Å². The van der Waals surface area contributed by atoms with Crippen LogP contribution in [0.5, 0.6) is 0 Å². The van der Waals surface area contributed by atoms with Crippen LogP contribution >= 0.6 is 0 Å². The first-order valence-electron chi connectivity index (χ1n) is 6.71. The van der Waals surface area contributed by atoms with Gasteiger partial charge in [-0.2, -0.15) is 0 Å². The van der Waals surface area contributed by atoms with Crippen molar-refractivity contribution in [3.63, 3.8) is 0 Å². The van der Waals surface area contributed by atoms with Gasteiger partial charge in [0.2, 0.25) is 5.91 Å². The Morgan fingerprint density at radius 2 is 2.22 bits per heavy atom. The highest BCUT2D eigenvalue weighted by Crippen LogP contribution is 2.29. The van der Waals surface area contributed by atoms with Gasteiger partial charge in [-0.3, -0.25) is 4.79 Å². The molecule has 0 bridgehead atoms. The zero-order chi connectivity index (χ0) is 13.0. The van der Waals surface area contributed by atoms with E-state index >= 15 is 0 Å². The Kier molecular flexibility index (Phi) is 4.02. The molecule has 1 aliphatic heterocycles. The van der Waals surface area contributed by atoms with Crippen LogP contribution in [0.15, 0.2) is 24.3 Å². The van der Waals surface area contributed by atoms with Crippen LogP contribution in [0.2, 0.25) is 0 Å². The Labute approximate surface area is 109 Å². The quantitative estimate of drug-likeness (QED) is 0.853. The smallest absolute Gasteiger partial charge is 0.227 e. The standard InChI is InChI=1S/C15H22N2O/c1-3-15(8-9-16-11-15)14(18)17-10-13-7-5-4-6-12(13)2/h4-7,16H,3,8-11H2,1-2H3,(H,17,18). The van der Waals surface area contributed by atoms with E-state index in [0.717, 1.165) is 25.9 Å². The number of rotatable bonds is 4. The largest absolute Gasteiger partial charge is 0.351 e. The van der Waals surface area contributed by atoms with Crippen molar-refractivity contribution in [2.75, 3.05) is 13.1 Å². The van der Waals surface area contributed by atoms with E-state index in [9.17, 15) is 4.79 Å². The van der Waals surface area contributed by atoms with Gasteiger partial charge in [0.1, 0.15) is 0 Å². The Bertz CT molecular complexity index is 422. The summed E-state index contributed by atoms with van der Waals surface area (Å²) < 4.78 is 0. The number of benzene rings is 1. The third-order valence-corrected chi connectivity index (χ3v) is 4.10. The molecule has 1 amide bonds. The van der Waals surface area contributed by atoms with Gasteiger partial charge < -0.3 is 10.6 Å². The van der Waals surface area contributed by atoms with Crippen molar-refractivity contribution in [3.05, 3.63) is 35.4 Å². The summed E-state index contributed by atoms with van der Waals surface area (Å²) in [5, 5.41) is 6.39. The van der Waals surface area contributed by atoms with Crippen molar-refractivity contribution in [3.8, 4) is 0 Å². The summed E-state index contributed by atoms with van der Waals surface area (Å²) in [6, 6.07) is 8.19. The lowest BCUT2D eigenvalue weighted by molar-refractivity contribution is -0.130. The molecule has 98 valence electrons. The molecule has 0 aromatic heterocycles. The topological polar surface area (TPSA) is 41.1 Å². The molecule has 2 N–H and O–H groups in total. The number of nitrogens with one attached hydrogen (secondary N) is 2. The van der Waals surface area contributed by atoms with Crippen molar-refractivity contribution in [2.24, 2.45) is 5.41 Å². The van der Waals surface area contributed by atoms with Crippen LogP contribution in [0.3, 0.4) is 0 Å². The normalized spacial score (nSPS) is 23.0. The minimum absolute atomic E-state index is 0.192. The Morgan fingerprint density at radius 1 is 1.44 bits per heavy atom. The van der Waals surface area contributed by atoms with Crippen LogP contribution in [0.1, 0.15) is 30.9 Å². The Balaban J connectivity index is 1.98. The van der Waals surface area contributed by atoms with Gasteiger partial charge in [-0.05, 0) is 37.4 Å². The molecule has 2 rings (SSSR count). The molecule has 1 unspecified atom stereocenters. The maximum absolute atomic E-state index is 12.3. The number of aryl methyl sites for hydroxylation is 1. The van der Waals surface area contributed by atoms with Crippen LogP contribution in [-0.2, 0) is 11.3 Å². The third kappa shape index (κ3) is 2.56.